The maximum atomic E-state index is 12.7. The molecule has 2 aromatic heterocycles. The van der Waals surface area contributed by atoms with Gasteiger partial charge >= 0.3 is 12.1 Å². The van der Waals surface area contributed by atoms with Crippen LogP contribution in [0.5, 0.6) is 0 Å². The number of halogens is 5. The van der Waals surface area contributed by atoms with Crippen LogP contribution in [-0.4, -0.2) is 25.1 Å². The number of aromatic nitrogens is 5. The molecule has 0 aliphatic rings. The lowest BCUT2D eigenvalue weighted by Gasteiger charge is -2.04. The van der Waals surface area contributed by atoms with Crippen molar-refractivity contribution in [3.05, 3.63) is 81.6 Å². The Morgan fingerprint density at radius 1 is 0.971 bits per heavy atom. The molecule has 6 nitrogen and oxygen atoms in total. The fourth-order valence-corrected chi connectivity index (χ4v) is 4.51. The van der Waals surface area contributed by atoms with Gasteiger partial charge in [-0.1, -0.05) is 68.7 Å². The summed E-state index contributed by atoms with van der Waals surface area (Å²) < 4.78 is 43.3. The van der Waals surface area contributed by atoms with Crippen molar-refractivity contribution in [1.29, 1.82) is 0 Å². The topological polar surface area (TPSA) is 69.6 Å². The molecular weight excluding hydrogens is 555 g/mol. The van der Waals surface area contributed by atoms with Crippen LogP contribution in [0.2, 0.25) is 5.02 Å². The Morgan fingerprint density at radius 2 is 1.65 bits per heavy atom. The fourth-order valence-electron chi connectivity index (χ4n) is 3.12. The van der Waals surface area contributed by atoms with Gasteiger partial charge in [-0.15, -0.1) is 0 Å². The van der Waals surface area contributed by atoms with Gasteiger partial charge in [0.05, 0.1) is 11.6 Å². The average molecular weight is 567 g/mol. The highest BCUT2D eigenvalue weighted by atomic mass is 79.9. The van der Waals surface area contributed by atoms with Crippen molar-refractivity contribution < 1.29 is 17.7 Å². The van der Waals surface area contributed by atoms with E-state index in [1.54, 1.807) is 35.1 Å². The molecule has 0 saturated heterocycles. The van der Waals surface area contributed by atoms with E-state index in [2.05, 4.69) is 40.8 Å². The zero-order valence-electron chi connectivity index (χ0n) is 16.9. The van der Waals surface area contributed by atoms with E-state index in [0.717, 1.165) is 19.8 Å². The van der Waals surface area contributed by atoms with Crippen LogP contribution in [0.3, 0.4) is 0 Å². The van der Waals surface area contributed by atoms with E-state index in [4.69, 9.17) is 11.6 Å². The molecule has 0 unspecified atom stereocenters. The summed E-state index contributed by atoms with van der Waals surface area (Å²) >= 11 is 11.4. The van der Waals surface area contributed by atoms with E-state index in [1.807, 2.05) is 30.3 Å². The predicted octanol–water partition coefficient (Wildman–Crippen LogP) is 7.12. The first-order valence-corrected chi connectivity index (χ1v) is 11.7. The zero-order valence-corrected chi connectivity index (χ0v) is 20.1. The molecule has 0 bridgehead atoms. The molecule has 34 heavy (non-hydrogen) atoms. The Kier molecular flexibility index (Phi) is 6.09. The second-order valence-electron chi connectivity index (χ2n) is 7.18. The van der Waals surface area contributed by atoms with Crippen LogP contribution in [0, 0.1) is 0 Å². The molecule has 0 amide bonds. The van der Waals surface area contributed by atoms with Gasteiger partial charge in [0.1, 0.15) is 11.0 Å². The molecule has 0 aliphatic carbocycles. The Balaban J connectivity index is 1.33. The number of fused-ring (bicyclic) bond motifs is 1. The van der Waals surface area contributed by atoms with E-state index in [-0.39, 0.29) is 5.82 Å². The van der Waals surface area contributed by atoms with Crippen LogP contribution in [0.4, 0.5) is 13.2 Å². The molecular formula is C22H12BrClF3N5OS. The highest BCUT2D eigenvalue weighted by Crippen LogP contribution is 2.36. The van der Waals surface area contributed by atoms with E-state index in [1.165, 1.54) is 11.8 Å². The monoisotopic (exact) mass is 565 g/mol. The lowest BCUT2D eigenvalue weighted by Crippen LogP contribution is -2.05. The van der Waals surface area contributed by atoms with Gasteiger partial charge in [0.15, 0.2) is 0 Å². The zero-order chi connectivity index (χ0) is 23.9. The van der Waals surface area contributed by atoms with Crippen molar-refractivity contribution in [2.24, 2.45) is 0 Å². The van der Waals surface area contributed by atoms with Crippen LogP contribution in [0.15, 0.2) is 79.5 Å². The first-order valence-electron chi connectivity index (χ1n) is 9.73. The van der Waals surface area contributed by atoms with E-state index in [0.29, 0.717) is 28.2 Å². The summed E-state index contributed by atoms with van der Waals surface area (Å²) in [4.78, 5) is 6.85. The number of hydrogen-bond donors (Lipinski definition) is 0. The second-order valence-corrected chi connectivity index (χ2v) is 9.61. The van der Waals surface area contributed by atoms with Crippen molar-refractivity contribution in [3.63, 3.8) is 0 Å². The number of nitrogens with zero attached hydrogens (tertiary/aromatic N) is 5. The van der Waals surface area contributed by atoms with Crippen molar-refractivity contribution in [2.45, 2.75) is 22.5 Å². The van der Waals surface area contributed by atoms with Gasteiger partial charge < -0.3 is 4.52 Å². The lowest BCUT2D eigenvalue weighted by molar-refractivity contribution is -0.159. The third-order valence-corrected chi connectivity index (χ3v) is 6.74. The molecule has 5 aromatic rings. The highest BCUT2D eigenvalue weighted by Gasteiger charge is 2.38. The lowest BCUT2D eigenvalue weighted by atomic mass is 10.1. The quantitative estimate of drug-likeness (QED) is 0.226. The van der Waals surface area contributed by atoms with Crippen molar-refractivity contribution in [2.75, 3.05) is 0 Å². The maximum absolute atomic E-state index is 12.7. The molecule has 0 saturated carbocycles. The van der Waals surface area contributed by atoms with Gasteiger partial charge in [-0.05, 0) is 42.0 Å². The van der Waals surface area contributed by atoms with Gasteiger partial charge in [0.25, 0.3) is 0 Å². The van der Waals surface area contributed by atoms with Crippen molar-refractivity contribution in [3.8, 4) is 11.4 Å². The first kappa shape index (κ1) is 22.9. The maximum Gasteiger partial charge on any atom is 0.471 e. The number of alkyl halides is 3. The third-order valence-electron chi connectivity index (χ3n) is 4.72. The van der Waals surface area contributed by atoms with Crippen molar-refractivity contribution >= 4 is 50.3 Å². The minimum atomic E-state index is -4.68. The van der Waals surface area contributed by atoms with Gasteiger partial charge in [0, 0.05) is 19.8 Å². The molecule has 0 fully saturated rings. The van der Waals surface area contributed by atoms with Crippen LogP contribution in [-0.2, 0) is 12.7 Å². The first-order chi connectivity index (χ1) is 16.2. The normalized spacial score (nSPS) is 11.9. The molecule has 5 rings (SSSR count). The Hall–Kier alpha value is -2.89. The van der Waals surface area contributed by atoms with Gasteiger partial charge in [-0.2, -0.15) is 33.1 Å². The second kappa shape index (κ2) is 9.05. The largest absolute Gasteiger partial charge is 0.471 e. The van der Waals surface area contributed by atoms with Crippen LogP contribution in [0.25, 0.3) is 22.4 Å². The molecule has 0 aliphatic heterocycles. The Bertz CT molecular complexity index is 1470. The molecule has 172 valence electrons. The summed E-state index contributed by atoms with van der Waals surface area (Å²) in [5.41, 5.74) is 2.61. The minimum absolute atomic E-state index is 0.132. The summed E-state index contributed by atoms with van der Waals surface area (Å²) in [7, 11) is 0. The van der Waals surface area contributed by atoms with Gasteiger partial charge in [-0.3, -0.25) is 0 Å². The van der Waals surface area contributed by atoms with E-state index < -0.39 is 12.1 Å². The summed E-state index contributed by atoms with van der Waals surface area (Å²) in [6, 6.07) is 18.3. The number of hydrogen-bond acceptors (Lipinski definition) is 6. The summed E-state index contributed by atoms with van der Waals surface area (Å²) in [6.07, 6.45) is -4.68. The van der Waals surface area contributed by atoms with Crippen molar-refractivity contribution in [1.82, 2.24) is 25.1 Å². The van der Waals surface area contributed by atoms with E-state index in [9.17, 15) is 13.2 Å². The molecule has 3 aromatic carbocycles. The predicted molar refractivity (Wildman–Crippen MR) is 125 cm³/mol. The standard InChI is InChI=1S/C22H12BrClF3N5OS/c23-14-5-7-15(8-6-14)34-19-10-18-17(9-16(19)24)29-32(30-18)11-12-1-3-13(4-2-12)20-28-21(33-31-20)22(25,26)27/h1-10H,11H2. The molecule has 0 radical (unpaired) electrons. The number of benzene rings is 3. The third kappa shape index (κ3) is 4.96. The Morgan fingerprint density at radius 3 is 2.29 bits per heavy atom. The van der Waals surface area contributed by atoms with E-state index >= 15 is 0 Å². The van der Waals surface area contributed by atoms with Crippen LogP contribution >= 0.6 is 39.3 Å². The Labute approximate surface area is 208 Å². The molecule has 0 spiro atoms. The van der Waals surface area contributed by atoms with Gasteiger partial charge in [0.2, 0.25) is 5.82 Å². The van der Waals surface area contributed by atoms with Crippen LogP contribution < -0.4 is 0 Å². The van der Waals surface area contributed by atoms with Crippen LogP contribution in [0.1, 0.15) is 11.5 Å². The minimum Gasteiger partial charge on any atom is -0.329 e. The summed E-state index contributed by atoms with van der Waals surface area (Å²) in [5, 5.41) is 13.0. The average Bonchev–Trinajstić information content (AvgIpc) is 3.43. The molecule has 0 atom stereocenters. The smallest absolute Gasteiger partial charge is 0.329 e. The molecule has 2 heterocycles. The highest BCUT2D eigenvalue weighted by molar-refractivity contribution is 9.10. The summed E-state index contributed by atoms with van der Waals surface area (Å²) in [6.45, 7) is 0.363. The SMILES string of the molecule is FC(F)(F)c1nc(-c2ccc(Cn3nc4cc(Cl)c(Sc5ccc(Br)cc5)cc4n3)cc2)no1. The molecule has 0 N–H and O–H groups in total. The molecule has 12 heteroatoms. The fraction of sp³-hybridized carbons (Fsp3) is 0.0909. The summed E-state index contributed by atoms with van der Waals surface area (Å²) in [5.74, 6) is -1.51. The number of rotatable bonds is 5. The van der Waals surface area contributed by atoms with Gasteiger partial charge in [-0.25, -0.2) is 0 Å².